The molecule has 28 heavy (non-hydrogen) atoms. The highest BCUT2D eigenvalue weighted by Crippen LogP contribution is 2.18. The van der Waals surface area contributed by atoms with Gasteiger partial charge in [-0.2, -0.15) is 0 Å². The Kier molecular flexibility index (Phi) is 6.04. The summed E-state index contributed by atoms with van der Waals surface area (Å²) >= 11 is 0. The van der Waals surface area contributed by atoms with Crippen LogP contribution in [0.5, 0.6) is 0 Å². The minimum Gasteiger partial charge on any atom is -0.336 e. The molecule has 0 radical (unpaired) electrons. The van der Waals surface area contributed by atoms with Gasteiger partial charge in [-0.05, 0) is 55.8 Å². The number of aryl methyl sites for hydroxylation is 1. The Hall–Kier alpha value is -2.80. The summed E-state index contributed by atoms with van der Waals surface area (Å²) in [6.07, 6.45) is 0. The fourth-order valence-corrected chi connectivity index (χ4v) is 3.22. The van der Waals surface area contributed by atoms with Gasteiger partial charge in [0.15, 0.2) is 0 Å². The molecule has 1 aliphatic rings. The lowest BCUT2D eigenvalue weighted by Crippen LogP contribution is -2.54. The predicted octanol–water partition coefficient (Wildman–Crippen LogP) is 3.06. The third-order valence-electron chi connectivity index (χ3n) is 5.08. The van der Waals surface area contributed by atoms with Gasteiger partial charge >= 0.3 is 0 Å². The number of hydrogen-bond donors (Lipinski definition) is 1. The van der Waals surface area contributed by atoms with Crippen molar-refractivity contribution in [3.63, 3.8) is 0 Å². The van der Waals surface area contributed by atoms with E-state index >= 15 is 0 Å². The number of piperazine rings is 1. The largest absolute Gasteiger partial charge is 0.336 e. The lowest BCUT2D eigenvalue weighted by molar-refractivity contribution is -0.121. The van der Waals surface area contributed by atoms with Crippen LogP contribution in [0.1, 0.15) is 22.8 Å². The predicted molar refractivity (Wildman–Crippen MR) is 103 cm³/mol. The van der Waals surface area contributed by atoms with E-state index in [0.717, 1.165) is 5.56 Å². The quantitative estimate of drug-likeness (QED) is 0.877. The number of anilines is 1. The summed E-state index contributed by atoms with van der Waals surface area (Å²) in [7, 11) is 0. The molecule has 2 aromatic rings. The Morgan fingerprint density at radius 3 is 2.21 bits per heavy atom. The highest BCUT2D eigenvalue weighted by atomic mass is 19.1. The maximum absolute atomic E-state index is 13.4. The van der Waals surface area contributed by atoms with E-state index in [9.17, 15) is 18.4 Å². The smallest absolute Gasteiger partial charge is 0.253 e. The molecule has 0 bridgehead atoms. The molecule has 1 fully saturated rings. The third-order valence-corrected chi connectivity index (χ3v) is 5.08. The van der Waals surface area contributed by atoms with E-state index in [0.29, 0.717) is 37.4 Å². The molecule has 0 saturated carbocycles. The Balaban J connectivity index is 1.56. The molecule has 0 aromatic heterocycles. The standard InChI is InChI=1S/C21H23F2N3O2/c1-14-3-6-18(23)13-19(14)24-20(27)15(2)25-9-11-26(12-10-25)21(28)16-4-7-17(22)8-5-16/h3-8,13,15H,9-12H2,1-2H3,(H,24,27). The zero-order valence-corrected chi connectivity index (χ0v) is 15.9. The number of halogens is 2. The van der Waals surface area contributed by atoms with E-state index < -0.39 is 11.9 Å². The maximum atomic E-state index is 13.4. The van der Waals surface area contributed by atoms with Crippen molar-refractivity contribution in [2.24, 2.45) is 0 Å². The summed E-state index contributed by atoms with van der Waals surface area (Å²) in [6.45, 7) is 5.65. The van der Waals surface area contributed by atoms with Gasteiger partial charge in [-0.25, -0.2) is 8.78 Å². The Bertz CT molecular complexity index is 862. The molecular weight excluding hydrogens is 364 g/mol. The number of carbonyl (C=O) groups is 2. The van der Waals surface area contributed by atoms with Gasteiger partial charge in [0.25, 0.3) is 5.91 Å². The van der Waals surface area contributed by atoms with Gasteiger partial charge in [0.2, 0.25) is 5.91 Å². The molecule has 1 N–H and O–H groups in total. The Labute approximate surface area is 162 Å². The van der Waals surface area contributed by atoms with Crippen LogP contribution in [0.4, 0.5) is 14.5 Å². The molecule has 7 heteroatoms. The number of hydrogen-bond acceptors (Lipinski definition) is 3. The van der Waals surface area contributed by atoms with Crippen LogP contribution in [-0.2, 0) is 4.79 Å². The van der Waals surface area contributed by atoms with Crippen LogP contribution in [0.3, 0.4) is 0 Å². The van der Waals surface area contributed by atoms with Crippen molar-refractivity contribution in [2.75, 3.05) is 31.5 Å². The van der Waals surface area contributed by atoms with Gasteiger partial charge in [0, 0.05) is 37.4 Å². The molecule has 1 saturated heterocycles. The van der Waals surface area contributed by atoms with Crippen LogP contribution in [0, 0.1) is 18.6 Å². The van der Waals surface area contributed by atoms with Crippen LogP contribution in [0.2, 0.25) is 0 Å². The number of rotatable bonds is 4. The first-order valence-electron chi connectivity index (χ1n) is 9.21. The van der Waals surface area contributed by atoms with Crippen molar-refractivity contribution in [1.82, 2.24) is 9.80 Å². The van der Waals surface area contributed by atoms with Crippen molar-refractivity contribution < 1.29 is 18.4 Å². The average Bonchev–Trinajstić information content (AvgIpc) is 2.70. The van der Waals surface area contributed by atoms with Crippen LogP contribution >= 0.6 is 0 Å². The lowest BCUT2D eigenvalue weighted by Gasteiger charge is -2.37. The second kappa shape index (κ2) is 8.48. The second-order valence-corrected chi connectivity index (χ2v) is 6.96. The summed E-state index contributed by atoms with van der Waals surface area (Å²) < 4.78 is 26.4. The van der Waals surface area contributed by atoms with E-state index in [1.807, 2.05) is 4.90 Å². The minimum absolute atomic E-state index is 0.146. The van der Waals surface area contributed by atoms with E-state index in [-0.39, 0.29) is 17.6 Å². The first-order chi connectivity index (χ1) is 13.3. The third kappa shape index (κ3) is 4.54. The summed E-state index contributed by atoms with van der Waals surface area (Å²) in [5, 5.41) is 2.78. The minimum atomic E-state index is -0.411. The topological polar surface area (TPSA) is 52.7 Å². The van der Waals surface area contributed by atoms with Gasteiger partial charge in [-0.1, -0.05) is 6.07 Å². The van der Waals surface area contributed by atoms with E-state index in [1.54, 1.807) is 24.8 Å². The number of nitrogens with zero attached hydrogens (tertiary/aromatic N) is 2. The molecular formula is C21H23F2N3O2. The SMILES string of the molecule is Cc1ccc(F)cc1NC(=O)C(C)N1CCN(C(=O)c2ccc(F)cc2)CC1. The van der Waals surface area contributed by atoms with Gasteiger partial charge in [0.1, 0.15) is 11.6 Å². The van der Waals surface area contributed by atoms with Gasteiger partial charge < -0.3 is 10.2 Å². The zero-order chi connectivity index (χ0) is 20.3. The number of nitrogens with one attached hydrogen (secondary N) is 1. The first-order valence-corrected chi connectivity index (χ1v) is 9.21. The molecule has 0 aliphatic carbocycles. The van der Waals surface area contributed by atoms with E-state index in [2.05, 4.69) is 5.32 Å². The molecule has 1 aliphatic heterocycles. The summed E-state index contributed by atoms with van der Waals surface area (Å²) in [5.41, 5.74) is 1.70. The van der Waals surface area contributed by atoms with Crippen LogP contribution < -0.4 is 5.32 Å². The summed E-state index contributed by atoms with van der Waals surface area (Å²) in [4.78, 5) is 28.7. The average molecular weight is 387 g/mol. The summed E-state index contributed by atoms with van der Waals surface area (Å²) in [6, 6.07) is 9.35. The molecule has 3 rings (SSSR count). The van der Waals surface area contributed by atoms with Gasteiger partial charge in [-0.3, -0.25) is 14.5 Å². The molecule has 5 nitrogen and oxygen atoms in total. The highest BCUT2D eigenvalue weighted by Gasteiger charge is 2.28. The van der Waals surface area contributed by atoms with E-state index in [1.165, 1.54) is 36.4 Å². The van der Waals surface area contributed by atoms with Gasteiger partial charge in [0.05, 0.1) is 6.04 Å². The Morgan fingerprint density at radius 1 is 0.964 bits per heavy atom. The van der Waals surface area contributed by atoms with Crippen LogP contribution in [0.15, 0.2) is 42.5 Å². The van der Waals surface area contributed by atoms with Crippen LogP contribution in [0.25, 0.3) is 0 Å². The first kappa shape index (κ1) is 19.9. The van der Waals surface area contributed by atoms with Crippen molar-refractivity contribution in [3.8, 4) is 0 Å². The van der Waals surface area contributed by atoms with Crippen LogP contribution in [-0.4, -0.2) is 53.8 Å². The molecule has 148 valence electrons. The molecule has 2 aromatic carbocycles. The zero-order valence-electron chi connectivity index (χ0n) is 15.9. The highest BCUT2D eigenvalue weighted by molar-refractivity contribution is 5.95. The fourth-order valence-electron chi connectivity index (χ4n) is 3.22. The fraction of sp³-hybridized carbons (Fsp3) is 0.333. The van der Waals surface area contributed by atoms with Crippen molar-refractivity contribution in [3.05, 3.63) is 65.2 Å². The van der Waals surface area contributed by atoms with Crippen molar-refractivity contribution in [2.45, 2.75) is 19.9 Å². The molecule has 0 spiro atoms. The maximum Gasteiger partial charge on any atom is 0.253 e. The molecule has 1 unspecified atom stereocenters. The lowest BCUT2D eigenvalue weighted by atomic mass is 10.1. The van der Waals surface area contributed by atoms with Gasteiger partial charge in [-0.15, -0.1) is 0 Å². The molecule has 2 amide bonds. The van der Waals surface area contributed by atoms with E-state index in [4.69, 9.17) is 0 Å². The number of amides is 2. The molecule has 1 atom stereocenters. The summed E-state index contributed by atoms with van der Waals surface area (Å²) in [5.74, 6) is -1.14. The number of carbonyl (C=O) groups excluding carboxylic acids is 2. The second-order valence-electron chi connectivity index (χ2n) is 6.96. The number of benzene rings is 2. The molecule has 1 heterocycles. The Morgan fingerprint density at radius 2 is 1.57 bits per heavy atom. The van der Waals surface area contributed by atoms with Crippen molar-refractivity contribution >= 4 is 17.5 Å². The van der Waals surface area contributed by atoms with Crippen molar-refractivity contribution in [1.29, 1.82) is 0 Å². The monoisotopic (exact) mass is 387 g/mol. The normalized spacial score (nSPS) is 15.9.